The van der Waals surface area contributed by atoms with E-state index in [4.69, 9.17) is 37.4 Å². The number of piperazine rings is 1. The number of anilines is 1. The molecular formula is C27H26Cl2N4O4S. The average molecular weight is 574 g/mol. The number of methoxy groups -OCH3 is 1. The fourth-order valence-corrected chi connectivity index (χ4v) is 6.86. The summed E-state index contributed by atoms with van der Waals surface area (Å²) in [6.45, 7) is 5.29. The number of hydrogen-bond acceptors (Lipinski definition) is 8. The Balaban J connectivity index is 1.25. The van der Waals surface area contributed by atoms with Gasteiger partial charge in [-0.3, -0.25) is 4.90 Å². The summed E-state index contributed by atoms with van der Waals surface area (Å²) in [5.74, 6) is 0.830. The van der Waals surface area contributed by atoms with Crippen molar-refractivity contribution in [2.24, 2.45) is 0 Å². The van der Waals surface area contributed by atoms with E-state index in [-0.39, 0.29) is 11.6 Å². The van der Waals surface area contributed by atoms with E-state index in [9.17, 15) is 9.90 Å². The van der Waals surface area contributed by atoms with Crippen LogP contribution in [0.3, 0.4) is 0 Å². The summed E-state index contributed by atoms with van der Waals surface area (Å²) in [7, 11) is 1.53. The summed E-state index contributed by atoms with van der Waals surface area (Å²) in [4.78, 5) is 21.1. The summed E-state index contributed by atoms with van der Waals surface area (Å²) in [5, 5.41) is 15.9. The Morgan fingerprint density at radius 3 is 2.66 bits per heavy atom. The molecule has 8 nitrogen and oxygen atoms in total. The maximum absolute atomic E-state index is 11.5. The number of benzene rings is 2. The SMILES string of the molecule is COc1cc(C(=O)O)cc2sc(N3CCN(Cc4c(-c5c(Cl)cccc5Cl)noc4C4CC4)CC3C)nc12. The monoisotopic (exact) mass is 572 g/mol. The van der Waals surface area contributed by atoms with Crippen LogP contribution in [0, 0.1) is 0 Å². The number of halogens is 2. The normalized spacial score (nSPS) is 18.3. The van der Waals surface area contributed by atoms with Crippen LogP contribution in [0.15, 0.2) is 34.9 Å². The number of carbonyl (C=O) groups is 1. The van der Waals surface area contributed by atoms with Crippen LogP contribution in [-0.4, -0.2) is 58.9 Å². The molecule has 198 valence electrons. The highest BCUT2D eigenvalue weighted by molar-refractivity contribution is 7.22. The van der Waals surface area contributed by atoms with Gasteiger partial charge in [-0.2, -0.15) is 0 Å². The molecule has 1 saturated carbocycles. The minimum Gasteiger partial charge on any atom is -0.494 e. The van der Waals surface area contributed by atoms with Crippen LogP contribution in [0.1, 0.15) is 47.4 Å². The van der Waals surface area contributed by atoms with Gasteiger partial charge in [-0.15, -0.1) is 0 Å². The van der Waals surface area contributed by atoms with Gasteiger partial charge in [0.05, 0.1) is 27.4 Å². The highest BCUT2D eigenvalue weighted by Gasteiger charge is 2.35. The Kier molecular flexibility index (Phi) is 6.72. The quantitative estimate of drug-likeness (QED) is 0.266. The first-order valence-electron chi connectivity index (χ1n) is 12.5. The fraction of sp³-hybridized carbons (Fsp3) is 0.370. The summed E-state index contributed by atoms with van der Waals surface area (Å²) in [6.07, 6.45) is 2.21. The second-order valence-corrected chi connectivity index (χ2v) is 11.7. The van der Waals surface area contributed by atoms with E-state index >= 15 is 0 Å². The van der Waals surface area contributed by atoms with Crippen LogP contribution >= 0.6 is 34.5 Å². The summed E-state index contributed by atoms with van der Waals surface area (Å²) in [5.41, 5.74) is 3.39. The Bertz CT molecular complexity index is 1510. The standard InChI is InChI=1S/C27H26Cl2N4O4S/c1-14-12-32(8-9-33(14)27-30-24-20(36-2)10-16(26(34)35)11-21(24)38-27)13-17-23(31-37-25(17)15-6-7-15)22-18(28)4-3-5-19(22)29/h3-5,10-11,14-15H,6-9,12-13H2,1-2H3,(H,34,35). The van der Waals surface area contributed by atoms with Crippen LogP contribution in [-0.2, 0) is 6.54 Å². The van der Waals surface area contributed by atoms with E-state index in [2.05, 4.69) is 21.9 Å². The van der Waals surface area contributed by atoms with E-state index in [1.807, 2.05) is 18.2 Å². The number of ether oxygens (including phenoxy) is 1. The molecule has 2 fully saturated rings. The van der Waals surface area contributed by atoms with Crippen LogP contribution < -0.4 is 9.64 Å². The second kappa shape index (κ2) is 10.0. The summed E-state index contributed by atoms with van der Waals surface area (Å²) < 4.78 is 12.1. The number of carboxylic acids is 1. The van der Waals surface area contributed by atoms with Gasteiger partial charge < -0.3 is 19.3 Å². The maximum Gasteiger partial charge on any atom is 0.335 e. The molecule has 0 spiro atoms. The third-order valence-corrected chi connectivity index (χ3v) is 8.89. The Hall–Kier alpha value is -2.85. The highest BCUT2D eigenvalue weighted by Crippen LogP contribution is 2.46. The van der Waals surface area contributed by atoms with Gasteiger partial charge in [0, 0.05) is 49.3 Å². The van der Waals surface area contributed by atoms with Crippen LogP contribution in [0.5, 0.6) is 5.75 Å². The van der Waals surface area contributed by atoms with E-state index in [1.54, 1.807) is 6.07 Å². The first-order valence-corrected chi connectivity index (χ1v) is 14.0. The van der Waals surface area contributed by atoms with Gasteiger partial charge in [0.25, 0.3) is 0 Å². The van der Waals surface area contributed by atoms with Crippen LogP contribution in [0.2, 0.25) is 10.0 Å². The lowest BCUT2D eigenvalue weighted by Crippen LogP contribution is -2.51. The zero-order valence-electron chi connectivity index (χ0n) is 20.9. The molecule has 1 saturated heterocycles. The third-order valence-electron chi connectivity index (χ3n) is 7.22. The first-order chi connectivity index (χ1) is 18.3. The first kappa shape index (κ1) is 25.4. The number of fused-ring (bicyclic) bond motifs is 1. The number of aromatic carboxylic acids is 1. The number of rotatable bonds is 7. The molecule has 38 heavy (non-hydrogen) atoms. The van der Waals surface area contributed by atoms with Crippen molar-refractivity contribution in [2.45, 2.75) is 38.3 Å². The minimum atomic E-state index is -0.987. The zero-order chi connectivity index (χ0) is 26.6. The number of nitrogens with zero attached hydrogens (tertiary/aromatic N) is 4. The lowest BCUT2D eigenvalue weighted by molar-refractivity contribution is 0.0696. The predicted octanol–water partition coefficient (Wildman–Crippen LogP) is 6.55. The third kappa shape index (κ3) is 4.62. The van der Waals surface area contributed by atoms with Crippen LogP contribution in [0.4, 0.5) is 5.13 Å². The second-order valence-electron chi connectivity index (χ2n) is 9.85. The molecule has 2 aromatic carbocycles. The summed E-state index contributed by atoms with van der Waals surface area (Å²) in [6, 6.07) is 8.85. The number of carboxylic acid groups (broad SMARTS) is 1. The smallest absolute Gasteiger partial charge is 0.335 e. The van der Waals surface area contributed by atoms with E-state index in [1.165, 1.54) is 24.5 Å². The molecule has 4 aromatic rings. The number of hydrogen-bond donors (Lipinski definition) is 1. The Morgan fingerprint density at radius 2 is 2.00 bits per heavy atom. The largest absolute Gasteiger partial charge is 0.494 e. The van der Waals surface area contributed by atoms with Crippen molar-refractivity contribution in [2.75, 3.05) is 31.6 Å². The number of aromatic nitrogens is 2. The van der Waals surface area contributed by atoms with Crippen molar-refractivity contribution in [1.29, 1.82) is 0 Å². The van der Waals surface area contributed by atoms with Crippen molar-refractivity contribution in [3.05, 3.63) is 57.3 Å². The molecular weight excluding hydrogens is 547 g/mol. The molecule has 0 bridgehead atoms. The molecule has 1 unspecified atom stereocenters. The Morgan fingerprint density at radius 1 is 1.24 bits per heavy atom. The minimum absolute atomic E-state index is 0.186. The van der Waals surface area contributed by atoms with Gasteiger partial charge in [0.2, 0.25) is 0 Å². The van der Waals surface area contributed by atoms with Crippen LogP contribution in [0.25, 0.3) is 21.5 Å². The lowest BCUT2D eigenvalue weighted by Gasteiger charge is -2.39. The van der Waals surface area contributed by atoms with E-state index in [0.29, 0.717) is 33.8 Å². The Labute approximate surface area is 233 Å². The van der Waals surface area contributed by atoms with Gasteiger partial charge in [-0.1, -0.05) is 45.8 Å². The molecule has 6 rings (SSSR count). The maximum atomic E-state index is 11.5. The highest BCUT2D eigenvalue weighted by atomic mass is 35.5. The van der Waals surface area contributed by atoms with Crippen molar-refractivity contribution in [1.82, 2.24) is 15.0 Å². The van der Waals surface area contributed by atoms with Crippen molar-refractivity contribution in [3.63, 3.8) is 0 Å². The molecule has 3 heterocycles. The van der Waals surface area contributed by atoms with Crippen molar-refractivity contribution in [3.8, 4) is 17.0 Å². The molecule has 11 heteroatoms. The summed E-state index contributed by atoms with van der Waals surface area (Å²) >= 11 is 14.6. The topological polar surface area (TPSA) is 91.9 Å². The van der Waals surface area contributed by atoms with E-state index in [0.717, 1.165) is 64.9 Å². The molecule has 1 atom stereocenters. The average Bonchev–Trinajstić information content (AvgIpc) is 3.51. The predicted molar refractivity (Wildman–Crippen MR) is 149 cm³/mol. The van der Waals surface area contributed by atoms with Gasteiger partial charge in [0.15, 0.2) is 5.13 Å². The van der Waals surface area contributed by atoms with Gasteiger partial charge in [-0.25, -0.2) is 9.78 Å². The zero-order valence-corrected chi connectivity index (χ0v) is 23.2. The lowest BCUT2D eigenvalue weighted by atomic mass is 10.0. The molecule has 2 aromatic heterocycles. The molecule has 1 N–H and O–H groups in total. The molecule has 1 aliphatic heterocycles. The fourth-order valence-electron chi connectivity index (χ4n) is 5.14. The number of thiazole rings is 1. The van der Waals surface area contributed by atoms with E-state index < -0.39 is 5.97 Å². The van der Waals surface area contributed by atoms with Crippen molar-refractivity contribution >= 4 is 55.9 Å². The van der Waals surface area contributed by atoms with Gasteiger partial charge in [0.1, 0.15) is 22.7 Å². The molecule has 0 amide bonds. The molecule has 1 aliphatic carbocycles. The van der Waals surface area contributed by atoms with Gasteiger partial charge in [-0.05, 0) is 44.0 Å². The molecule has 0 radical (unpaired) electrons. The molecule has 2 aliphatic rings. The van der Waals surface area contributed by atoms with Gasteiger partial charge >= 0.3 is 5.97 Å². The van der Waals surface area contributed by atoms with Crippen molar-refractivity contribution < 1.29 is 19.2 Å².